The lowest BCUT2D eigenvalue weighted by atomic mass is 10.2. The Labute approximate surface area is 161 Å². The van der Waals surface area contributed by atoms with E-state index in [9.17, 15) is 4.79 Å². The second-order valence-corrected chi connectivity index (χ2v) is 7.14. The van der Waals surface area contributed by atoms with Gasteiger partial charge in [0.15, 0.2) is 11.8 Å². The van der Waals surface area contributed by atoms with E-state index in [4.69, 9.17) is 16.3 Å². The van der Waals surface area contributed by atoms with Crippen LogP contribution in [0, 0.1) is 6.92 Å². The van der Waals surface area contributed by atoms with Crippen LogP contribution in [0.3, 0.4) is 0 Å². The highest BCUT2D eigenvalue weighted by Gasteiger charge is 2.06. The van der Waals surface area contributed by atoms with Gasteiger partial charge in [0, 0.05) is 35.0 Å². The number of aromatic nitrogens is 2. The van der Waals surface area contributed by atoms with E-state index in [-0.39, 0.29) is 12.5 Å². The molecule has 1 aromatic heterocycles. The number of halogens is 1. The maximum atomic E-state index is 12.0. The van der Waals surface area contributed by atoms with Crippen LogP contribution in [0.2, 0.25) is 5.02 Å². The Bertz CT molecular complexity index is 909. The van der Waals surface area contributed by atoms with Gasteiger partial charge in [-0.05, 0) is 55.0 Å². The summed E-state index contributed by atoms with van der Waals surface area (Å²) in [7, 11) is 1.95. The Morgan fingerprint density at radius 3 is 2.69 bits per heavy atom. The molecule has 0 saturated heterocycles. The van der Waals surface area contributed by atoms with Crippen LogP contribution in [0.25, 0.3) is 0 Å². The van der Waals surface area contributed by atoms with Crippen molar-refractivity contribution in [2.75, 3.05) is 11.9 Å². The molecule has 0 spiro atoms. The number of benzene rings is 2. The molecule has 0 bridgehead atoms. The summed E-state index contributed by atoms with van der Waals surface area (Å²) in [6, 6.07) is 12.9. The molecule has 5 nitrogen and oxygen atoms in total. The number of rotatable bonds is 6. The Balaban J connectivity index is 1.52. The molecule has 0 aliphatic heterocycles. The molecule has 0 radical (unpaired) electrons. The maximum absolute atomic E-state index is 12.0. The maximum Gasteiger partial charge on any atom is 0.262 e. The first-order valence-electron chi connectivity index (χ1n) is 7.95. The minimum absolute atomic E-state index is 0.0646. The number of anilines is 1. The summed E-state index contributed by atoms with van der Waals surface area (Å²) in [4.78, 5) is 17.4. The molecule has 134 valence electrons. The van der Waals surface area contributed by atoms with Gasteiger partial charge in [0.25, 0.3) is 5.91 Å². The van der Waals surface area contributed by atoms with Gasteiger partial charge in [0.1, 0.15) is 5.75 Å². The first-order chi connectivity index (χ1) is 12.5. The fourth-order valence-corrected chi connectivity index (χ4v) is 3.13. The quantitative estimate of drug-likeness (QED) is 0.674. The van der Waals surface area contributed by atoms with E-state index in [0.29, 0.717) is 10.8 Å². The van der Waals surface area contributed by atoms with Gasteiger partial charge in [-0.25, -0.2) is 4.98 Å². The van der Waals surface area contributed by atoms with E-state index >= 15 is 0 Å². The van der Waals surface area contributed by atoms with Crippen LogP contribution in [-0.2, 0) is 11.8 Å². The Morgan fingerprint density at radius 2 is 2.04 bits per heavy atom. The molecule has 3 rings (SSSR count). The first-order valence-corrected chi connectivity index (χ1v) is 9.15. The second-order valence-electron chi connectivity index (χ2n) is 5.70. The summed E-state index contributed by atoms with van der Waals surface area (Å²) in [5.41, 5.74) is 1.63. The number of imidazole rings is 1. The van der Waals surface area contributed by atoms with Crippen LogP contribution < -0.4 is 10.1 Å². The standard InChI is InChI=1S/C19H18ClN3O2S/c1-13-11-15(5-8-17(13)20)25-12-18(24)22-14-3-6-16(7-4-14)26-19-21-9-10-23(19)2/h3-11H,12H2,1-2H3,(H,22,24). The van der Waals surface area contributed by atoms with Gasteiger partial charge in [-0.15, -0.1) is 0 Å². The topological polar surface area (TPSA) is 56.1 Å². The summed E-state index contributed by atoms with van der Waals surface area (Å²) in [6.45, 7) is 1.82. The summed E-state index contributed by atoms with van der Waals surface area (Å²) in [5, 5.41) is 4.40. The predicted octanol–water partition coefficient (Wildman–Crippen LogP) is 4.55. The Kier molecular flexibility index (Phi) is 5.85. The van der Waals surface area contributed by atoms with Crippen molar-refractivity contribution in [2.24, 2.45) is 7.05 Å². The van der Waals surface area contributed by atoms with Crippen LogP contribution >= 0.6 is 23.4 Å². The monoisotopic (exact) mass is 387 g/mol. The van der Waals surface area contributed by atoms with Gasteiger partial charge < -0.3 is 14.6 Å². The van der Waals surface area contributed by atoms with E-state index < -0.39 is 0 Å². The van der Waals surface area contributed by atoms with Crippen LogP contribution in [0.15, 0.2) is 64.9 Å². The number of nitrogens with zero attached hydrogens (tertiary/aromatic N) is 2. The fourth-order valence-electron chi connectivity index (χ4n) is 2.21. The molecule has 0 fully saturated rings. The summed E-state index contributed by atoms with van der Waals surface area (Å²) < 4.78 is 7.45. The normalized spacial score (nSPS) is 10.6. The summed E-state index contributed by atoms with van der Waals surface area (Å²) >= 11 is 7.54. The number of ether oxygens (including phenoxy) is 1. The molecule has 1 N–H and O–H groups in total. The molecule has 26 heavy (non-hydrogen) atoms. The SMILES string of the molecule is Cc1cc(OCC(=O)Nc2ccc(Sc3nccn3C)cc2)ccc1Cl. The number of hydrogen-bond acceptors (Lipinski definition) is 4. The van der Waals surface area contributed by atoms with E-state index in [0.717, 1.165) is 21.3 Å². The molecule has 0 saturated carbocycles. The predicted molar refractivity (Wildman–Crippen MR) is 104 cm³/mol. The molecule has 0 aliphatic carbocycles. The van der Waals surface area contributed by atoms with Crippen molar-refractivity contribution < 1.29 is 9.53 Å². The molecular formula is C19H18ClN3O2S. The van der Waals surface area contributed by atoms with Crippen molar-refractivity contribution >= 4 is 35.0 Å². The second kappa shape index (κ2) is 8.29. The summed E-state index contributed by atoms with van der Waals surface area (Å²) in [5.74, 6) is 0.394. The molecule has 0 aliphatic rings. The highest BCUT2D eigenvalue weighted by atomic mass is 35.5. The van der Waals surface area contributed by atoms with E-state index in [2.05, 4.69) is 10.3 Å². The summed E-state index contributed by atoms with van der Waals surface area (Å²) in [6.07, 6.45) is 3.66. The third-order valence-electron chi connectivity index (χ3n) is 3.62. The molecule has 1 heterocycles. The number of amides is 1. The van der Waals surface area contributed by atoms with Crippen LogP contribution in [0.1, 0.15) is 5.56 Å². The number of carbonyl (C=O) groups excluding carboxylic acids is 1. The van der Waals surface area contributed by atoms with Crippen molar-refractivity contribution in [3.63, 3.8) is 0 Å². The van der Waals surface area contributed by atoms with E-state index in [1.807, 2.05) is 49.0 Å². The smallest absolute Gasteiger partial charge is 0.262 e. The molecule has 3 aromatic rings. The van der Waals surface area contributed by atoms with E-state index in [1.54, 1.807) is 36.2 Å². The first kappa shape index (κ1) is 18.4. The molecule has 2 aromatic carbocycles. The zero-order valence-electron chi connectivity index (χ0n) is 14.4. The van der Waals surface area contributed by atoms with Crippen LogP contribution in [-0.4, -0.2) is 22.1 Å². The number of hydrogen-bond donors (Lipinski definition) is 1. The lowest BCUT2D eigenvalue weighted by molar-refractivity contribution is -0.118. The molecule has 7 heteroatoms. The lowest BCUT2D eigenvalue weighted by Crippen LogP contribution is -2.20. The Morgan fingerprint density at radius 1 is 1.27 bits per heavy atom. The molecule has 0 atom stereocenters. The molecular weight excluding hydrogens is 370 g/mol. The number of nitrogens with one attached hydrogen (secondary N) is 1. The Hall–Kier alpha value is -2.44. The fraction of sp³-hybridized carbons (Fsp3) is 0.158. The average Bonchev–Trinajstić information content (AvgIpc) is 3.02. The van der Waals surface area contributed by atoms with Gasteiger partial charge in [0.05, 0.1) is 0 Å². The van der Waals surface area contributed by atoms with Gasteiger partial charge in [-0.1, -0.05) is 23.4 Å². The highest BCUT2D eigenvalue weighted by Crippen LogP contribution is 2.26. The van der Waals surface area contributed by atoms with Crippen molar-refractivity contribution in [2.45, 2.75) is 17.0 Å². The minimum Gasteiger partial charge on any atom is -0.484 e. The molecule has 0 unspecified atom stereocenters. The van der Waals surface area contributed by atoms with Gasteiger partial charge in [0.2, 0.25) is 0 Å². The average molecular weight is 388 g/mol. The zero-order valence-corrected chi connectivity index (χ0v) is 16.0. The minimum atomic E-state index is -0.220. The number of aryl methyl sites for hydroxylation is 2. The van der Waals surface area contributed by atoms with Gasteiger partial charge >= 0.3 is 0 Å². The van der Waals surface area contributed by atoms with E-state index in [1.165, 1.54) is 0 Å². The highest BCUT2D eigenvalue weighted by molar-refractivity contribution is 7.99. The lowest BCUT2D eigenvalue weighted by Gasteiger charge is -2.09. The van der Waals surface area contributed by atoms with Crippen LogP contribution in [0.5, 0.6) is 5.75 Å². The zero-order chi connectivity index (χ0) is 18.5. The van der Waals surface area contributed by atoms with Crippen molar-refractivity contribution in [3.05, 3.63) is 65.4 Å². The van der Waals surface area contributed by atoms with Gasteiger partial charge in [-0.3, -0.25) is 4.79 Å². The van der Waals surface area contributed by atoms with Crippen LogP contribution in [0.4, 0.5) is 5.69 Å². The third kappa shape index (κ3) is 4.80. The van der Waals surface area contributed by atoms with Crippen molar-refractivity contribution in [1.82, 2.24) is 9.55 Å². The number of carbonyl (C=O) groups is 1. The van der Waals surface area contributed by atoms with Crippen molar-refractivity contribution in [3.8, 4) is 5.75 Å². The molecule has 1 amide bonds. The largest absolute Gasteiger partial charge is 0.484 e. The van der Waals surface area contributed by atoms with Crippen molar-refractivity contribution in [1.29, 1.82) is 0 Å². The van der Waals surface area contributed by atoms with Gasteiger partial charge in [-0.2, -0.15) is 0 Å². The third-order valence-corrected chi connectivity index (χ3v) is 5.13.